The third-order valence-corrected chi connectivity index (χ3v) is 3.88. The molecule has 110 valence electrons. The van der Waals surface area contributed by atoms with Gasteiger partial charge in [0.15, 0.2) is 0 Å². The Labute approximate surface area is 124 Å². The Morgan fingerprint density at radius 1 is 1.55 bits per heavy atom. The van der Waals surface area contributed by atoms with Crippen molar-refractivity contribution in [2.24, 2.45) is 0 Å². The van der Waals surface area contributed by atoms with Crippen LogP contribution >= 0.6 is 15.9 Å². The van der Waals surface area contributed by atoms with Crippen LogP contribution in [0.4, 0.5) is 5.82 Å². The predicted molar refractivity (Wildman–Crippen MR) is 74.3 cm³/mol. The first-order valence-electron chi connectivity index (χ1n) is 6.14. The van der Waals surface area contributed by atoms with Crippen molar-refractivity contribution >= 4 is 21.7 Å². The van der Waals surface area contributed by atoms with E-state index < -0.39 is 4.92 Å². The fourth-order valence-electron chi connectivity index (χ4n) is 1.90. The zero-order valence-corrected chi connectivity index (χ0v) is 12.5. The second-order valence-electron chi connectivity index (χ2n) is 4.32. The summed E-state index contributed by atoms with van der Waals surface area (Å²) in [6.07, 6.45) is 1.72. The maximum atomic E-state index is 10.9. The summed E-state index contributed by atoms with van der Waals surface area (Å²) in [5, 5.41) is 10.9. The predicted octanol–water partition coefficient (Wildman–Crippen LogP) is 1.94. The molecular formula is C12H15BrN2O5. The molecule has 3 atom stereocenters. The Hall–Kier alpha value is -1.25. The van der Waals surface area contributed by atoms with Crippen LogP contribution in [-0.2, 0) is 9.47 Å². The van der Waals surface area contributed by atoms with E-state index in [1.165, 1.54) is 6.20 Å². The minimum Gasteiger partial charge on any atom is -0.480 e. The molecule has 7 nitrogen and oxygen atoms in total. The third kappa shape index (κ3) is 3.44. The van der Waals surface area contributed by atoms with Crippen molar-refractivity contribution in [1.82, 2.24) is 4.98 Å². The fourth-order valence-corrected chi connectivity index (χ4v) is 2.76. The number of nitro groups is 1. The highest BCUT2D eigenvalue weighted by Gasteiger charge is 2.43. The molecule has 8 heteroatoms. The monoisotopic (exact) mass is 346 g/mol. The van der Waals surface area contributed by atoms with Gasteiger partial charge in [-0.25, -0.2) is 0 Å². The first-order valence-corrected chi connectivity index (χ1v) is 7.05. The third-order valence-electron chi connectivity index (χ3n) is 2.98. The number of alkyl halides is 1. The highest BCUT2D eigenvalue weighted by atomic mass is 79.9. The molecule has 1 aliphatic carbocycles. The Morgan fingerprint density at radius 3 is 3.00 bits per heavy atom. The average molecular weight is 347 g/mol. The summed E-state index contributed by atoms with van der Waals surface area (Å²) in [7, 11) is 1.60. The van der Waals surface area contributed by atoms with Crippen LogP contribution in [-0.4, -0.2) is 47.3 Å². The minimum absolute atomic E-state index is 0.148. The summed E-state index contributed by atoms with van der Waals surface area (Å²) in [5.74, 6) is -0.108. The molecular weight excluding hydrogens is 332 g/mol. The topological polar surface area (TPSA) is 83.7 Å². The van der Waals surface area contributed by atoms with Crippen LogP contribution < -0.4 is 4.74 Å². The summed E-state index contributed by atoms with van der Waals surface area (Å²) < 4.78 is 16.2. The number of hydrogen-bond donors (Lipinski definition) is 0. The van der Waals surface area contributed by atoms with Crippen molar-refractivity contribution in [2.75, 3.05) is 20.3 Å². The van der Waals surface area contributed by atoms with E-state index >= 15 is 0 Å². The summed E-state index contributed by atoms with van der Waals surface area (Å²) in [6, 6.07) is 3.15. The first-order chi connectivity index (χ1) is 9.63. The lowest BCUT2D eigenvalue weighted by atomic mass is 9.91. The molecule has 2 rings (SSSR count). The molecule has 0 aromatic carbocycles. The standard InChI is InChI=1S/C12H15BrN2O5/c1-18-5-6-19-11-8(13)7-10(11)20-9-3-2-4-14-12(9)15(16)17/h2-4,8,10-11H,5-7H2,1H3. The SMILES string of the molecule is COCCOC1C(Br)CC1Oc1cccnc1[N+](=O)[O-]. The Morgan fingerprint density at radius 2 is 2.35 bits per heavy atom. The largest absolute Gasteiger partial charge is 0.480 e. The number of methoxy groups -OCH3 is 1. The molecule has 1 aliphatic rings. The molecule has 1 aromatic rings. The number of aromatic nitrogens is 1. The second kappa shape index (κ2) is 6.96. The molecule has 0 bridgehead atoms. The lowest BCUT2D eigenvalue weighted by molar-refractivity contribution is -0.390. The Kier molecular flexibility index (Phi) is 5.27. The molecule has 1 heterocycles. The number of nitrogens with zero attached hydrogens (tertiary/aromatic N) is 2. The molecule has 0 amide bonds. The van der Waals surface area contributed by atoms with E-state index in [4.69, 9.17) is 14.2 Å². The molecule has 0 N–H and O–H groups in total. The van der Waals surface area contributed by atoms with Crippen LogP contribution in [0.15, 0.2) is 18.3 Å². The quantitative estimate of drug-likeness (QED) is 0.324. The van der Waals surface area contributed by atoms with Gasteiger partial charge in [0.2, 0.25) is 5.75 Å². The van der Waals surface area contributed by atoms with E-state index in [0.29, 0.717) is 13.2 Å². The lowest BCUT2D eigenvalue weighted by Gasteiger charge is -2.40. The van der Waals surface area contributed by atoms with Crippen LogP contribution in [0.2, 0.25) is 0 Å². The van der Waals surface area contributed by atoms with Crippen LogP contribution in [0.25, 0.3) is 0 Å². The normalized spacial score (nSPS) is 25.0. The summed E-state index contributed by atoms with van der Waals surface area (Å²) in [6.45, 7) is 0.953. The molecule has 3 unspecified atom stereocenters. The van der Waals surface area contributed by atoms with Crippen molar-refractivity contribution in [3.63, 3.8) is 0 Å². The highest BCUT2D eigenvalue weighted by molar-refractivity contribution is 9.09. The molecule has 1 aromatic heterocycles. The zero-order chi connectivity index (χ0) is 14.5. The Balaban J connectivity index is 1.98. The lowest BCUT2D eigenvalue weighted by Crippen LogP contribution is -2.52. The van der Waals surface area contributed by atoms with Gasteiger partial charge in [0.05, 0.1) is 13.2 Å². The second-order valence-corrected chi connectivity index (χ2v) is 5.49. The van der Waals surface area contributed by atoms with Gasteiger partial charge in [0, 0.05) is 18.4 Å². The summed E-state index contributed by atoms with van der Waals surface area (Å²) in [4.78, 5) is 14.2. The van der Waals surface area contributed by atoms with Gasteiger partial charge in [-0.05, 0) is 22.0 Å². The van der Waals surface area contributed by atoms with Crippen LogP contribution in [0, 0.1) is 10.1 Å². The van der Waals surface area contributed by atoms with Gasteiger partial charge in [0.25, 0.3) is 0 Å². The van der Waals surface area contributed by atoms with Gasteiger partial charge in [-0.2, -0.15) is 0 Å². The van der Waals surface area contributed by atoms with E-state index in [2.05, 4.69) is 20.9 Å². The fraction of sp³-hybridized carbons (Fsp3) is 0.583. The first kappa shape index (κ1) is 15.1. The van der Waals surface area contributed by atoms with Crippen LogP contribution in [0.1, 0.15) is 6.42 Å². The molecule has 0 radical (unpaired) electrons. The van der Waals surface area contributed by atoms with Gasteiger partial charge in [-0.3, -0.25) is 0 Å². The summed E-state index contributed by atoms with van der Waals surface area (Å²) >= 11 is 3.48. The van der Waals surface area contributed by atoms with Crippen molar-refractivity contribution in [2.45, 2.75) is 23.5 Å². The maximum absolute atomic E-state index is 10.9. The van der Waals surface area contributed by atoms with Crippen molar-refractivity contribution < 1.29 is 19.1 Å². The van der Waals surface area contributed by atoms with Gasteiger partial charge in [-0.15, -0.1) is 0 Å². The van der Waals surface area contributed by atoms with E-state index in [0.717, 1.165) is 6.42 Å². The average Bonchev–Trinajstić information content (AvgIpc) is 2.43. The van der Waals surface area contributed by atoms with E-state index in [1.807, 2.05) is 0 Å². The molecule has 0 aliphatic heterocycles. The summed E-state index contributed by atoms with van der Waals surface area (Å²) in [5.41, 5.74) is 0. The van der Waals surface area contributed by atoms with Crippen molar-refractivity contribution in [3.8, 4) is 5.75 Å². The number of pyridine rings is 1. The smallest absolute Gasteiger partial charge is 0.406 e. The highest BCUT2D eigenvalue weighted by Crippen LogP contribution is 2.36. The minimum atomic E-state index is -0.555. The van der Waals surface area contributed by atoms with Crippen LogP contribution in [0.3, 0.4) is 0 Å². The van der Waals surface area contributed by atoms with Gasteiger partial charge in [-0.1, -0.05) is 15.9 Å². The van der Waals surface area contributed by atoms with Crippen molar-refractivity contribution in [1.29, 1.82) is 0 Å². The number of hydrogen-bond acceptors (Lipinski definition) is 6. The number of ether oxygens (including phenoxy) is 3. The van der Waals surface area contributed by atoms with Gasteiger partial charge in [0.1, 0.15) is 18.4 Å². The van der Waals surface area contributed by atoms with Crippen molar-refractivity contribution in [3.05, 3.63) is 28.4 Å². The van der Waals surface area contributed by atoms with Crippen LogP contribution in [0.5, 0.6) is 5.75 Å². The molecule has 1 fully saturated rings. The number of rotatable bonds is 7. The molecule has 0 saturated heterocycles. The maximum Gasteiger partial charge on any atom is 0.406 e. The molecule has 20 heavy (non-hydrogen) atoms. The zero-order valence-electron chi connectivity index (χ0n) is 10.9. The number of halogens is 1. The van der Waals surface area contributed by atoms with Gasteiger partial charge >= 0.3 is 5.82 Å². The molecule has 1 saturated carbocycles. The van der Waals surface area contributed by atoms with E-state index in [1.54, 1.807) is 19.2 Å². The van der Waals surface area contributed by atoms with Gasteiger partial charge < -0.3 is 24.3 Å². The van der Waals surface area contributed by atoms with E-state index in [-0.39, 0.29) is 28.6 Å². The Bertz CT molecular complexity index is 473. The molecule has 0 spiro atoms. The van der Waals surface area contributed by atoms with E-state index in [9.17, 15) is 10.1 Å².